The molecule has 0 radical (unpaired) electrons. The van der Waals surface area contributed by atoms with Crippen molar-refractivity contribution >= 4 is 0 Å². The van der Waals surface area contributed by atoms with Crippen LogP contribution in [0.4, 0.5) is 0 Å². The molecule has 1 unspecified atom stereocenters. The van der Waals surface area contributed by atoms with Gasteiger partial charge >= 0.3 is 0 Å². The monoisotopic (exact) mass is 146 g/mol. The summed E-state index contributed by atoms with van der Waals surface area (Å²) in [6, 6.07) is 0. The summed E-state index contributed by atoms with van der Waals surface area (Å²) in [5, 5.41) is 0. The Morgan fingerprint density at radius 1 is 1.30 bits per heavy atom. The maximum Gasteiger partial charge on any atom is 0.0592 e. The number of ether oxygens (including phenoxy) is 1. The molecule has 0 heterocycles. The summed E-state index contributed by atoms with van der Waals surface area (Å²) in [6.07, 6.45) is 2.38. The van der Waals surface area contributed by atoms with E-state index in [0.717, 1.165) is 19.4 Å². The predicted octanol–water partition coefficient (Wildman–Crippen LogP) is 0.0891. The van der Waals surface area contributed by atoms with Gasteiger partial charge in [0.1, 0.15) is 0 Å². The second-order valence-corrected chi connectivity index (χ2v) is 2.40. The van der Waals surface area contributed by atoms with Gasteiger partial charge in [0.2, 0.25) is 0 Å². The molecule has 0 bridgehead atoms. The van der Waals surface area contributed by atoms with Gasteiger partial charge in [0.15, 0.2) is 0 Å². The third kappa shape index (κ3) is 6.01. The van der Waals surface area contributed by atoms with Crippen LogP contribution >= 0.6 is 0 Å². The Kier molecular flexibility index (Phi) is 6.91. The zero-order valence-electron chi connectivity index (χ0n) is 6.68. The summed E-state index contributed by atoms with van der Waals surface area (Å²) >= 11 is 0. The van der Waals surface area contributed by atoms with E-state index in [1.165, 1.54) is 0 Å². The molecule has 10 heavy (non-hydrogen) atoms. The van der Waals surface area contributed by atoms with Crippen molar-refractivity contribution in [3.05, 3.63) is 0 Å². The van der Waals surface area contributed by atoms with Gasteiger partial charge in [0.05, 0.1) is 12.7 Å². The van der Waals surface area contributed by atoms with Crippen molar-refractivity contribution in [2.45, 2.75) is 25.9 Å². The Labute approximate surface area is 62.7 Å². The molecule has 62 valence electrons. The quantitative estimate of drug-likeness (QED) is 0.558. The van der Waals surface area contributed by atoms with E-state index in [0.29, 0.717) is 19.3 Å². The van der Waals surface area contributed by atoms with Crippen molar-refractivity contribution < 1.29 is 4.74 Å². The van der Waals surface area contributed by atoms with Crippen molar-refractivity contribution in [3.63, 3.8) is 0 Å². The van der Waals surface area contributed by atoms with Crippen LogP contribution in [-0.2, 0) is 4.74 Å². The zero-order chi connectivity index (χ0) is 7.82. The van der Waals surface area contributed by atoms with Gasteiger partial charge in [-0.1, -0.05) is 0 Å². The van der Waals surface area contributed by atoms with Crippen LogP contribution in [0.5, 0.6) is 0 Å². The summed E-state index contributed by atoms with van der Waals surface area (Å²) in [6.45, 7) is 4.06. The lowest BCUT2D eigenvalue weighted by Crippen LogP contribution is -2.16. The normalized spacial score (nSPS) is 13.5. The van der Waals surface area contributed by atoms with Crippen molar-refractivity contribution in [2.75, 3.05) is 19.7 Å². The number of hydrogen-bond donors (Lipinski definition) is 2. The number of hydrogen-bond acceptors (Lipinski definition) is 3. The summed E-state index contributed by atoms with van der Waals surface area (Å²) < 4.78 is 5.31. The second kappa shape index (κ2) is 6.99. The molecule has 4 N–H and O–H groups in total. The Morgan fingerprint density at radius 2 is 2.00 bits per heavy atom. The van der Waals surface area contributed by atoms with E-state index in [-0.39, 0.29) is 0 Å². The first-order valence-electron chi connectivity index (χ1n) is 3.83. The molecule has 0 rings (SSSR count). The van der Waals surface area contributed by atoms with Gasteiger partial charge < -0.3 is 16.2 Å². The van der Waals surface area contributed by atoms with Gasteiger partial charge in [-0.25, -0.2) is 0 Å². The zero-order valence-corrected chi connectivity index (χ0v) is 6.68. The van der Waals surface area contributed by atoms with Crippen molar-refractivity contribution in [2.24, 2.45) is 11.5 Å². The third-order valence-electron chi connectivity index (χ3n) is 1.33. The summed E-state index contributed by atoms with van der Waals surface area (Å²) in [4.78, 5) is 0. The van der Waals surface area contributed by atoms with E-state index in [1.54, 1.807) is 0 Å². The lowest BCUT2D eigenvalue weighted by molar-refractivity contribution is 0.0651. The molecule has 3 heteroatoms. The third-order valence-corrected chi connectivity index (χ3v) is 1.33. The Balaban J connectivity index is 3.00. The van der Waals surface area contributed by atoms with Gasteiger partial charge in [-0.3, -0.25) is 0 Å². The van der Waals surface area contributed by atoms with Crippen LogP contribution in [0.3, 0.4) is 0 Å². The molecular weight excluding hydrogens is 128 g/mol. The van der Waals surface area contributed by atoms with Crippen molar-refractivity contribution in [3.8, 4) is 0 Å². The summed E-state index contributed by atoms with van der Waals surface area (Å²) in [5.41, 5.74) is 10.6. The van der Waals surface area contributed by atoms with E-state index in [2.05, 4.69) is 0 Å². The first-order chi connectivity index (χ1) is 4.81. The largest absolute Gasteiger partial charge is 0.377 e. The molecule has 0 saturated carbocycles. The smallest absolute Gasteiger partial charge is 0.0592 e. The lowest BCUT2D eigenvalue weighted by Gasteiger charge is -2.10. The maximum atomic E-state index is 5.33. The molecule has 0 aromatic rings. The topological polar surface area (TPSA) is 61.3 Å². The van der Waals surface area contributed by atoms with Crippen LogP contribution in [0.25, 0.3) is 0 Å². The molecule has 0 aliphatic heterocycles. The van der Waals surface area contributed by atoms with Crippen LogP contribution < -0.4 is 11.5 Å². The highest BCUT2D eigenvalue weighted by atomic mass is 16.5. The number of rotatable bonds is 6. The van der Waals surface area contributed by atoms with Gasteiger partial charge in [0, 0.05) is 6.54 Å². The van der Waals surface area contributed by atoms with Gasteiger partial charge in [0.25, 0.3) is 0 Å². The molecule has 0 aliphatic rings. The maximum absolute atomic E-state index is 5.33. The fourth-order valence-electron chi connectivity index (χ4n) is 0.758. The second-order valence-electron chi connectivity index (χ2n) is 2.40. The van der Waals surface area contributed by atoms with Crippen molar-refractivity contribution in [1.82, 2.24) is 0 Å². The minimum absolute atomic E-state index is 0.312. The lowest BCUT2D eigenvalue weighted by atomic mass is 10.2. The minimum atomic E-state index is 0.312. The van der Waals surface area contributed by atoms with Gasteiger partial charge in [-0.05, 0) is 26.3 Å². The van der Waals surface area contributed by atoms with E-state index in [4.69, 9.17) is 16.2 Å². The van der Waals surface area contributed by atoms with Gasteiger partial charge in [-0.15, -0.1) is 0 Å². The minimum Gasteiger partial charge on any atom is -0.377 e. The van der Waals surface area contributed by atoms with E-state index in [9.17, 15) is 0 Å². The molecule has 0 saturated heterocycles. The van der Waals surface area contributed by atoms with Crippen LogP contribution in [-0.4, -0.2) is 25.8 Å². The molecule has 0 amide bonds. The molecule has 0 spiro atoms. The fraction of sp³-hybridized carbons (Fsp3) is 1.00. The van der Waals surface area contributed by atoms with Gasteiger partial charge in [-0.2, -0.15) is 0 Å². The molecular formula is C7H18N2O. The van der Waals surface area contributed by atoms with Crippen LogP contribution in [0.2, 0.25) is 0 Å². The molecule has 1 atom stereocenters. The molecule has 0 aromatic carbocycles. The van der Waals surface area contributed by atoms with E-state index in [1.807, 2.05) is 6.92 Å². The standard InChI is InChI=1S/C7H18N2O/c1-7(3-2-4-8)10-6-5-9/h7H,2-6,8-9H2,1H3. The Morgan fingerprint density at radius 3 is 2.50 bits per heavy atom. The molecule has 0 aliphatic carbocycles. The van der Waals surface area contributed by atoms with Crippen LogP contribution in [0, 0.1) is 0 Å². The highest BCUT2D eigenvalue weighted by molar-refractivity contribution is 4.50. The Hall–Kier alpha value is -0.120. The molecule has 0 aromatic heterocycles. The Bertz CT molecular complexity index is 60.6. The predicted molar refractivity (Wildman–Crippen MR) is 42.8 cm³/mol. The first kappa shape index (κ1) is 9.88. The van der Waals surface area contributed by atoms with Crippen molar-refractivity contribution in [1.29, 1.82) is 0 Å². The number of nitrogens with two attached hydrogens (primary N) is 2. The first-order valence-corrected chi connectivity index (χ1v) is 3.83. The molecule has 0 fully saturated rings. The highest BCUT2D eigenvalue weighted by Crippen LogP contribution is 1.98. The highest BCUT2D eigenvalue weighted by Gasteiger charge is 1.98. The molecule has 3 nitrogen and oxygen atoms in total. The summed E-state index contributed by atoms with van der Waals surface area (Å²) in [5.74, 6) is 0. The SMILES string of the molecule is CC(CCCN)OCCN. The van der Waals surface area contributed by atoms with E-state index < -0.39 is 0 Å². The average Bonchev–Trinajstić information content (AvgIpc) is 1.97. The van der Waals surface area contributed by atoms with E-state index >= 15 is 0 Å². The van der Waals surface area contributed by atoms with Crippen LogP contribution in [0.1, 0.15) is 19.8 Å². The summed E-state index contributed by atoms with van der Waals surface area (Å²) in [7, 11) is 0. The van der Waals surface area contributed by atoms with Crippen LogP contribution in [0.15, 0.2) is 0 Å². The average molecular weight is 146 g/mol. The fourth-order valence-corrected chi connectivity index (χ4v) is 0.758.